The molecule has 0 bridgehead atoms. The minimum absolute atomic E-state index is 0.260. The lowest BCUT2D eigenvalue weighted by Gasteiger charge is -2.23. The Morgan fingerprint density at radius 3 is 2.39 bits per heavy atom. The standard InChI is InChI=1S/C14H12Cl2FN/c1-18(12-7-5-11(17)6-8-12)14-10(9-15)3-2-4-13(14)16/h2-8H,9H2,1H3. The summed E-state index contributed by atoms with van der Waals surface area (Å²) in [6, 6.07) is 11.8. The largest absolute Gasteiger partial charge is 0.343 e. The van der Waals surface area contributed by atoms with Crippen LogP contribution in [0.2, 0.25) is 5.02 Å². The number of rotatable bonds is 3. The minimum Gasteiger partial charge on any atom is -0.343 e. The highest BCUT2D eigenvalue weighted by atomic mass is 35.5. The lowest BCUT2D eigenvalue weighted by Crippen LogP contribution is -2.12. The zero-order chi connectivity index (χ0) is 13.1. The summed E-state index contributed by atoms with van der Waals surface area (Å²) < 4.78 is 12.9. The van der Waals surface area contributed by atoms with Crippen LogP contribution in [0.3, 0.4) is 0 Å². The highest BCUT2D eigenvalue weighted by molar-refractivity contribution is 6.33. The van der Waals surface area contributed by atoms with Crippen molar-refractivity contribution < 1.29 is 4.39 Å². The van der Waals surface area contributed by atoms with E-state index in [0.717, 1.165) is 16.9 Å². The SMILES string of the molecule is CN(c1ccc(F)cc1)c1c(Cl)cccc1CCl. The van der Waals surface area contributed by atoms with Crippen LogP contribution in [0.15, 0.2) is 42.5 Å². The number of para-hydroxylation sites is 1. The van der Waals surface area contributed by atoms with Crippen LogP contribution >= 0.6 is 23.2 Å². The molecule has 1 nitrogen and oxygen atoms in total. The fraction of sp³-hybridized carbons (Fsp3) is 0.143. The van der Waals surface area contributed by atoms with E-state index in [1.165, 1.54) is 12.1 Å². The fourth-order valence-electron chi connectivity index (χ4n) is 1.84. The van der Waals surface area contributed by atoms with Gasteiger partial charge in [-0.1, -0.05) is 23.7 Å². The second-order valence-electron chi connectivity index (χ2n) is 3.92. The number of hydrogen-bond donors (Lipinski definition) is 0. The average Bonchev–Trinajstić information content (AvgIpc) is 2.38. The van der Waals surface area contributed by atoms with E-state index in [-0.39, 0.29) is 5.82 Å². The molecule has 18 heavy (non-hydrogen) atoms. The molecular weight excluding hydrogens is 272 g/mol. The molecule has 0 spiro atoms. The van der Waals surface area contributed by atoms with Gasteiger partial charge >= 0.3 is 0 Å². The van der Waals surface area contributed by atoms with Crippen molar-refractivity contribution in [3.63, 3.8) is 0 Å². The quantitative estimate of drug-likeness (QED) is 0.718. The molecule has 0 fully saturated rings. The first kappa shape index (κ1) is 13.2. The average molecular weight is 284 g/mol. The predicted molar refractivity (Wildman–Crippen MR) is 75.5 cm³/mol. The van der Waals surface area contributed by atoms with E-state index < -0.39 is 0 Å². The number of hydrogen-bond acceptors (Lipinski definition) is 1. The van der Waals surface area contributed by atoms with Crippen molar-refractivity contribution >= 4 is 34.6 Å². The van der Waals surface area contributed by atoms with Crippen LogP contribution in [0.25, 0.3) is 0 Å². The number of anilines is 2. The second-order valence-corrected chi connectivity index (χ2v) is 4.59. The number of benzene rings is 2. The van der Waals surface area contributed by atoms with Crippen molar-refractivity contribution in [2.75, 3.05) is 11.9 Å². The van der Waals surface area contributed by atoms with Gasteiger partial charge in [0.1, 0.15) is 5.82 Å². The van der Waals surface area contributed by atoms with Gasteiger partial charge in [0, 0.05) is 18.6 Å². The van der Waals surface area contributed by atoms with E-state index in [0.29, 0.717) is 10.9 Å². The summed E-state index contributed by atoms with van der Waals surface area (Å²) in [5.41, 5.74) is 2.65. The van der Waals surface area contributed by atoms with E-state index in [2.05, 4.69) is 0 Å². The van der Waals surface area contributed by atoms with Crippen molar-refractivity contribution in [3.8, 4) is 0 Å². The topological polar surface area (TPSA) is 3.24 Å². The van der Waals surface area contributed by atoms with Gasteiger partial charge in [0.25, 0.3) is 0 Å². The molecule has 0 atom stereocenters. The van der Waals surface area contributed by atoms with Crippen molar-refractivity contribution in [1.29, 1.82) is 0 Å². The third kappa shape index (κ3) is 2.60. The summed E-state index contributed by atoms with van der Waals surface area (Å²) in [6.45, 7) is 0. The molecule has 0 saturated heterocycles. The molecule has 94 valence electrons. The molecule has 0 aliphatic carbocycles. The molecule has 0 unspecified atom stereocenters. The Morgan fingerprint density at radius 1 is 1.11 bits per heavy atom. The number of nitrogens with zero attached hydrogens (tertiary/aromatic N) is 1. The lowest BCUT2D eigenvalue weighted by molar-refractivity contribution is 0.628. The molecule has 2 aromatic rings. The summed E-state index contributed by atoms with van der Waals surface area (Å²) in [7, 11) is 1.88. The molecule has 0 N–H and O–H groups in total. The summed E-state index contributed by atoms with van der Waals surface area (Å²) in [5.74, 6) is 0.116. The monoisotopic (exact) mass is 283 g/mol. The Labute approximate surface area is 116 Å². The predicted octanol–water partition coefficient (Wildman–Crippen LogP) is 4.99. The zero-order valence-electron chi connectivity index (χ0n) is 9.83. The first-order chi connectivity index (χ1) is 8.63. The summed E-state index contributed by atoms with van der Waals surface area (Å²) >= 11 is 12.1. The Balaban J connectivity index is 2.45. The maximum atomic E-state index is 12.9. The van der Waals surface area contributed by atoms with Gasteiger partial charge < -0.3 is 4.90 Å². The van der Waals surface area contributed by atoms with Gasteiger partial charge in [-0.05, 0) is 35.9 Å². The highest BCUT2D eigenvalue weighted by Crippen LogP contribution is 2.34. The molecule has 0 heterocycles. The normalized spacial score (nSPS) is 10.4. The molecule has 2 aromatic carbocycles. The molecule has 2 rings (SSSR count). The molecule has 0 saturated carbocycles. The van der Waals surface area contributed by atoms with E-state index in [9.17, 15) is 4.39 Å². The maximum absolute atomic E-state index is 12.9. The summed E-state index contributed by atoms with van der Waals surface area (Å²) in [5, 5.41) is 0.625. The van der Waals surface area contributed by atoms with Crippen LogP contribution in [-0.4, -0.2) is 7.05 Å². The van der Waals surface area contributed by atoms with Gasteiger partial charge in [-0.15, -0.1) is 11.6 Å². The Hall–Kier alpha value is -1.25. The zero-order valence-corrected chi connectivity index (χ0v) is 11.3. The van der Waals surface area contributed by atoms with Gasteiger partial charge in [-0.25, -0.2) is 4.39 Å². The van der Waals surface area contributed by atoms with Crippen LogP contribution in [0.1, 0.15) is 5.56 Å². The van der Waals surface area contributed by atoms with E-state index >= 15 is 0 Å². The van der Waals surface area contributed by atoms with E-state index in [1.54, 1.807) is 12.1 Å². The Morgan fingerprint density at radius 2 is 1.78 bits per heavy atom. The molecule has 0 aromatic heterocycles. The van der Waals surface area contributed by atoms with Gasteiger partial charge in [-0.2, -0.15) is 0 Å². The Kier molecular flexibility index (Phi) is 4.10. The molecule has 0 radical (unpaired) electrons. The third-order valence-corrected chi connectivity index (χ3v) is 3.36. The molecule has 4 heteroatoms. The van der Waals surface area contributed by atoms with Gasteiger partial charge in [-0.3, -0.25) is 0 Å². The number of halogens is 3. The van der Waals surface area contributed by atoms with Crippen molar-refractivity contribution in [2.24, 2.45) is 0 Å². The minimum atomic E-state index is -0.260. The number of alkyl halides is 1. The molecule has 0 aliphatic heterocycles. The second kappa shape index (κ2) is 5.59. The van der Waals surface area contributed by atoms with E-state index in [4.69, 9.17) is 23.2 Å². The lowest BCUT2D eigenvalue weighted by atomic mass is 10.1. The summed E-state index contributed by atoms with van der Waals surface area (Å²) in [6.07, 6.45) is 0. The summed E-state index contributed by atoms with van der Waals surface area (Å²) in [4.78, 5) is 1.90. The van der Waals surface area contributed by atoms with Crippen LogP contribution in [0.5, 0.6) is 0 Å². The van der Waals surface area contributed by atoms with Crippen LogP contribution < -0.4 is 4.90 Å². The third-order valence-electron chi connectivity index (χ3n) is 2.76. The van der Waals surface area contributed by atoms with Crippen LogP contribution in [0, 0.1) is 5.82 Å². The van der Waals surface area contributed by atoms with Gasteiger partial charge in [0.2, 0.25) is 0 Å². The van der Waals surface area contributed by atoms with Crippen LogP contribution in [-0.2, 0) is 5.88 Å². The first-order valence-electron chi connectivity index (χ1n) is 5.46. The molecular formula is C14H12Cl2FN. The smallest absolute Gasteiger partial charge is 0.123 e. The van der Waals surface area contributed by atoms with Crippen molar-refractivity contribution in [3.05, 3.63) is 58.9 Å². The van der Waals surface area contributed by atoms with Gasteiger partial charge in [0.05, 0.1) is 10.7 Å². The maximum Gasteiger partial charge on any atom is 0.123 e. The van der Waals surface area contributed by atoms with Crippen LogP contribution in [0.4, 0.5) is 15.8 Å². The van der Waals surface area contributed by atoms with Gasteiger partial charge in [0.15, 0.2) is 0 Å². The Bertz CT molecular complexity index is 540. The van der Waals surface area contributed by atoms with Crippen molar-refractivity contribution in [1.82, 2.24) is 0 Å². The van der Waals surface area contributed by atoms with Crippen molar-refractivity contribution in [2.45, 2.75) is 5.88 Å². The molecule has 0 aliphatic rings. The highest BCUT2D eigenvalue weighted by Gasteiger charge is 2.12. The first-order valence-corrected chi connectivity index (χ1v) is 6.37. The molecule has 0 amide bonds. The fourth-order valence-corrected chi connectivity index (χ4v) is 2.37. The van der Waals surface area contributed by atoms with E-state index in [1.807, 2.05) is 30.1 Å².